The summed E-state index contributed by atoms with van der Waals surface area (Å²) in [6, 6.07) is 12.3. The summed E-state index contributed by atoms with van der Waals surface area (Å²) in [5.41, 5.74) is 1.38. The van der Waals surface area contributed by atoms with Gasteiger partial charge in [-0.15, -0.1) is 10.2 Å². The van der Waals surface area contributed by atoms with E-state index in [4.69, 9.17) is 27.9 Å². The molecular formula is C17H14Cl2N4O2S. The Hall–Kier alpha value is -2.35. The van der Waals surface area contributed by atoms with Gasteiger partial charge in [-0.25, -0.2) is 0 Å². The van der Waals surface area contributed by atoms with Crippen molar-refractivity contribution in [1.29, 1.82) is 0 Å². The first-order valence-electron chi connectivity index (χ1n) is 7.52. The van der Waals surface area contributed by atoms with E-state index >= 15 is 0 Å². The molecule has 26 heavy (non-hydrogen) atoms. The molecule has 0 unspecified atom stereocenters. The van der Waals surface area contributed by atoms with Crippen LogP contribution in [0.15, 0.2) is 42.5 Å². The number of carbonyl (C=O) groups is 1. The molecule has 0 fully saturated rings. The van der Waals surface area contributed by atoms with E-state index in [0.29, 0.717) is 38.2 Å². The van der Waals surface area contributed by atoms with Crippen LogP contribution < -0.4 is 15.4 Å². The van der Waals surface area contributed by atoms with E-state index in [9.17, 15) is 4.79 Å². The number of hydrogen-bond donors (Lipinski definition) is 2. The molecule has 1 amide bonds. The third kappa shape index (κ3) is 4.43. The topological polar surface area (TPSA) is 76.1 Å². The largest absolute Gasteiger partial charge is 0.496 e. The smallest absolute Gasteiger partial charge is 0.261 e. The van der Waals surface area contributed by atoms with Crippen molar-refractivity contribution in [2.75, 3.05) is 17.7 Å². The third-order valence-corrected chi connectivity index (χ3v) is 4.96. The predicted octanol–water partition coefficient (Wildman–Crippen LogP) is 4.72. The number of anilines is 2. The Morgan fingerprint density at radius 2 is 1.88 bits per heavy atom. The molecule has 0 spiro atoms. The number of amides is 1. The summed E-state index contributed by atoms with van der Waals surface area (Å²) >= 11 is 13.1. The van der Waals surface area contributed by atoms with Gasteiger partial charge in [-0.1, -0.05) is 52.7 Å². The molecule has 2 N–H and O–H groups in total. The number of methoxy groups -OCH3 is 1. The SMILES string of the molecule is COc1ccccc1C(=O)Nc1nnc(NCc2ccc(Cl)c(Cl)c2)s1. The Kier molecular flexibility index (Phi) is 5.92. The Morgan fingerprint density at radius 3 is 2.65 bits per heavy atom. The fraction of sp³-hybridized carbons (Fsp3) is 0.118. The number of halogens is 2. The highest BCUT2D eigenvalue weighted by Crippen LogP contribution is 2.25. The minimum atomic E-state index is -0.311. The Balaban J connectivity index is 1.62. The molecule has 2 aromatic carbocycles. The average molecular weight is 409 g/mol. The first kappa shape index (κ1) is 18.4. The van der Waals surface area contributed by atoms with Crippen molar-refractivity contribution >= 4 is 50.7 Å². The minimum Gasteiger partial charge on any atom is -0.496 e. The van der Waals surface area contributed by atoms with Crippen LogP contribution in [0.1, 0.15) is 15.9 Å². The first-order valence-corrected chi connectivity index (χ1v) is 9.09. The van der Waals surface area contributed by atoms with Gasteiger partial charge in [0.25, 0.3) is 5.91 Å². The van der Waals surface area contributed by atoms with Crippen LogP contribution in [-0.2, 0) is 6.54 Å². The van der Waals surface area contributed by atoms with Crippen molar-refractivity contribution in [2.45, 2.75) is 6.54 Å². The van der Waals surface area contributed by atoms with Crippen LogP contribution in [0, 0.1) is 0 Å². The fourth-order valence-corrected chi connectivity index (χ4v) is 3.12. The normalized spacial score (nSPS) is 10.4. The molecule has 0 saturated heterocycles. The lowest BCUT2D eigenvalue weighted by molar-refractivity contribution is 0.102. The van der Waals surface area contributed by atoms with Gasteiger partial charge < -0.3 is 10.1 Å². The molecule has 0 aliphatic heterocycles. The van der Waals surface area contributed by atoms with Crippen LogP contribution in [0.2, 0.25) is 10.0 Å². The van der Waals surface area contributed by atoms with Gasteiger partial charge in [-0.2, -0.15) is 0 Å². The number of carbonyl (C=O) groups excluding carboxylic acids is 1. The van der Waals surface area contributed by atoms with Gasteiger partial charge in [0, 0.05) is 6.54 Å². The second-order valence-corrected chi connectivity index (χ2v) is 6.96. The first-order chi connectivity index (χ1) is 12.6. The van der Waals surface area contributed by atoms with E-state index in [1.165, 1.54) is 18.4 Å². The second kappa shape index (κ2) is 8.35. The molecular weight excluding hydrogens is 395 g/mol. The number of aromatic nitrogens is 2. The van der Waals surface area contributed by atoms with E-state index in [0.717, 1.165) is 5.56 Å². The highest BCUT2D eigenvalue weighted by Gasteiger charge is 2.14. The summed E-state index contributed by atoms with van der Waals surface area (Å²) in [4.78, 5) is 12.4. The molecule has 1 heterocycles. The van der Waals surface area contributed by atoms with Crippen LogP contribution in [0.4, 0.5) is 10.3 Å². The number of nitrogens with zero attached hydrogens (tertiary/aromatic N) is 2. The number of ether oxygens (including phenoxy) is 1. The lowest BCUT2D eigenvalue weighted by atomic mass is 10.2. The Bertz CT molecular complexity index is 933. The zero-order chi connectivity index (χ0) is 18.5. The highest BCUT2D eigenvalue weighted by molar-refractivity contribution is 7.19. The Morgan fingerprint density at radius 1 is 1.12 bits per heavy atom. The predicted molar refractivity (Wildman–Crippen MR) is 105 cm³/mol. The lowest BCUT2D eigenvalue weighted by Gasteiger charge is -2.06. The molecule has 0 bridgehead atoms. The van der Waals surface area contributed by atoms with Crippen LogP contribution >= 0.6 is 34.5 Å². The van der Waals surface area contributed by atoms with Crippen molar-refractivity contribution in [3.63, 3.8) is 0 Å². The second-order valence-electron chi connectivity index (χ2n) is 5.17. The summed E-state index contributed by atoms with van der Waals surface area (Å²) in [6.45, 7) is 0.506. The number of para-hydroxylation sites is 1. The number of nitrogens with one attached hydrogen (secondary N) is 2. The van der Waals surface area contributed by atoms with Crippen LogP contribution in [0.25, 0.3) is 0 Å². The Labute approximate surface area is 164 Å². The van der Waals surface area contributed by atoms with Gasteiger partial charge in [0.2, 0.25) is 10.3 Å². The van der Waals surface area contributed by atoms with Gasteiger partial charge in [-0.3, -0.25) is 10.1 Å². The van der Waals surface area contributed by atoms with Crippen LogP contribution in [0.5, 0.6) is 5.75 Å². The van der Waals surface area contributed by atoms with Gasteiger partial charge in [-0.05, 0) is 29.8 Å². The van der Waals surface area contributed by atoms with Crippen molar-refractivity contribution in [3.8, 4) is 5.75 Å². The quantitative estimate of drug-likeness (QED) is 0.616. The monoisotopic (exact) mass is 408 g/mol. The van der Waals surface area contributed by atoms with Crippen molar-refractivity contribution in [1.82, 2.24) is 10.2 Å². The van der Waals surface area contributed by atoms with Gasteiger partial charge >= 0.3 is 0 Å². The van der Waals surface area contributed by atoms with Gasteiger partial charge in [0.1, 0.15) is 5.75 Å². The van der Waals surface area contributed by atoms with Crippen molar-refractivity contribution in [3.05, 3.63) is 63.6 Å². The fourth-order valence-electron chi connectivity index (χ4n) is 2.17. The number of hydrogen-bond acceptors (Lipinski definition) is 6. The molecule has 0 aliphatic carbocycles. The van der Waals surface area contributed by atoms with E-state index in [2.05, 4.69) is 20.8 Å². The van der Waals surface area contributed by atoms with Crippen molar-refractivity contribution < 1.29 is 9.53 Å². The zero-order valence-corrected chi connectivity index (χ0v) is 16.0. The maximum atomic E-state index is 12.4. The molecule has 0 radical (unpaired) electrons. The average Bonchev–Trinajstić information content (AvgIpc) is 3.10. The summed E-state index contributed by atoms with van der Waals surface area (Å²) in [7, 11) is 1.52. The highest BCUT2D eigenvalue weighted by atomic mass is 35.5. The van der Waals surface area contributed by atoms with Gasteiger partial charge in [0.15, 0.2) is 0 Å². The molecule has 6 nitrogen and oxygen atoms in total. The summed E-state index contributed by atoms with van der Waals surface area (Å²) in [5.74, 6) is 0.183. The maximum Gasteiger partial charge on any atom is 0.261 e. The summed E-state index contributed by atoms with van der Waals surface area (Å²) < 4.78 is 5.19. The molecule has 3 aromatic rings. The molecule has 9 heteroatoms. The van der Waals surface area contributed by atoms with Crippen LogP contribution in [0.3, 0.4) is 0 Å². The lowest BCUT2D eigenvalue weighted by Crippen LogP contribution is -2.12. The van der Waals surface area contributed by atoms with E-state index in [1.54, 1.807) is 36.4 Å². The van der Waals surface area contributed by atoms with E-state index in [-0.39, 0.29) is 5.91 Å². The zero-order valence-electron chi connectivity index (χ0n) is 13.6. The van der Waals surface area contributed by atoms with E-state index < -0.39 is 0 Å². The van der Waals surface area contributed by atoms with Gasteiger partial charge in [0.05, 0.1) is 22.7 Å². The molecule has 3 rings (SSSR count). The molecule has 134 valence electrons. The molecule has 0 saturated carbocycles. The summed E-state index contributed by atoms with van der Waals surface area (Å²) in [5, 5.41) is 15.8. The maximum absolute atomic E-state index is 12.4. The third-order valence-electron chi connectivity index (χ3n) is 3.42. The van der Waals surface area contributed by atoms with E-state index in [1.807, 2.05) is 6.07 Å². The number of rotatable bonds is 6. The minimum absolute atomic E-state index is 0.311. The van der Waals surface area contributed by atoms with Crippen LogP contribution in [-0.4, -0.2) is 23.2 Å². The molecule has 1 aromatic heterocycles. The molecule has 0 atom stereocenters. The van der Waals surface area contributed by atoms with Crippen molar-refractivity contribution in [2.24, 2.45) is 0 Å². The standard InChI is InChI=1S/C17H14Cl2N4O2S/c1-25-14-5-3-2-4-11(14)15(24)21-17-23-22-16(26-17)20-9-10-6-7-12(18)13(19)8-10/h2-8H,9H2,1H3,(H,20,22)(H,21,23,24). The number of benzene rings is 2. The summed E-state index contributed by atoms with van der Waals surface area (Å²) in [6.07, 6.45) is 0. The molecule has 0 aliphatic rings.